The molecule has 5 nitrogen and oxygen atoms in total. The van der Waals surface area contributed by atoms with Crippen molar-refractivity contribution in [1.82, 2.24) is 0 Å². The number of benzene rings is 2. The highest BCUT2D eigenvalue weighted by atomic mass is 16.5. The molecule has 0 bridgehead atoms. The van der Waals surface area contributed by atoms with E-state index in [-0.39, 0.29) is 19.1 Å². The van der Waals surface area contributed by atoms with Gasteiger partial charge in [0.25, 0.3) is 0 Å². The van der Waals surface area contributed by atoms with Gasteiger partial charge < -0.3 is 10.5 Å². The Balaban J connectivity index is 2.40. The molecule has 1 atom stereocenters. The van der Waals surface area contributed by atoms with Gasteiger partial charge in [-0.15, -0.1) is 0 Å². The van der Waals surface area contributed by atoms with Crippen molar-refractivity contribution in [3.8, 4) is 0 Å². The smallest absolute Gasteiger partial charge is 0.329 e. The second-order valence-corrected chi connectivity index (χ2v) is 5.26. The Morgan fingerprint density at radius 3 is 2.17 bits per heavy atom. The standard InChI is InChI=1S/C19H22N2O3/c1-2-24-19(23)17(13-15-9-5-3-6-10-15)21(18(22)14-20)16-11-7-4-8-12-16/h3-12,17H,2,13-14,20H2,1H3/t17-/m0/s1. The first-order valence-electron chi connectivity index (χ1n) is 7.95. The maximum atomic E-state index is 12.5. The van der Waals surface area contributed by atoms with Gasteiger partial charge in [0.2, 0.25) is 5.91 Å². The Kier molecular flexibility index (Phi) is 6.51. The van der Waals surface area contributed by atoms with E-state index in [9.17, 15) is 9.59 Å². The SMILES string of the molecule is CCOC(=O)[C@H](Cc1ccccc1)N(C(=O)CN)c1ccccc1. The fourth-order valence-corrected chi connectivity index (χ4v) is 2.54. The number of ether oxygens (including phenoxy) is 1. The molecule has 0 aliphatic rings. The van der Waals surface area contributed by atoms with Gasteiger partial charge in [0.05, 0.1) is 13.2 Å². The summed E-state index contributed by atoms with van der Waals surface area (Å²) in [5, 5.41) is 0. The molecule has 0 aromatic heterocycles. The van der Waals surface area contributed by atoms with E-state index in [1.54, 1.807) is 19.1 Å². The topological polar surface area (TPSA) is 72.6 Å². The minimum atomic E-state index is -0.759. The summed E-state index contributed by atoms with van der Waals surface area (Å²) < 4.78 is 5.20. The van der Waals surface area contributed by atoms with Crippen LogP contribution in [0.5, 0.6) is 0 Å². The van der Waals surface area contributed by atoms with E-state index in [0.717, 1.165) is 5.56 Å². The average molecular weight is 326 g/mol. The van der Waals surface area contributed by atoms with Crippen molar-refractivity contribution in [2.45, 2.75) is 19.4 Å². The van der Waals surface area contributed by atoms with Gasteiger partial charge in [-0.05, 0) is 24.6 Å². The van der Waals surface area contributed by atoms with Crippen molar-refractivity contribution >= 4 is 17.6 Å². The zero-order valence-corrected chi connectivity index (χ0v) is 13.7. The van der Waals surface area contributed by atoms with Crippen LogP contribution < -0.4 is 10.6 Å². The lowest BCUT2D eigenvalue weighted by atomic mass is 10.0. The molecule has 0 radical (unpaired) electrons. The van der Waals surface area contributed by atoms with E-state index in [0.29, 0.717) is 12.1 Å². The molecule has 0 saturated carbocycles. The normalized spacial score (nSPS) is 11.6. The molecular formula is C19H22N2O3. The zero-order chi connectivity index (χ0) is 17.4. The monoisotopic (exact) mass is 326 g/mol. The zero-order valence-electron chi connectivity index (χ0n) is 13.7. The van der Waals surface area contributed by atoms with Gasteiger partial charge in [-0.25, -0.2) is 4.79 Å². The highest BCUT2D eigenvalue weighted by Crippen LogP contribution is 2.20. The molecule has 5 heteroatoms. The third-order valence-electron chi connectivity index (χ3n) is 3.62. The molecule has 0 aliphatic heterocycles. The van der Waals surface area contributed by atoms with Gasteiger partial charge in [-0.3, -0.25) is 9.69 Å². The average Bonchev–Trinajstić information content (AvgIpc) is 2.63. The molecule has 0 unspecified atom stereocenters. The molecule has 0 spiro atoms. The first-order chi connectivity index (χ1) is 11.7. The molecule has 0 heterocycles. The van der Waals surface area contributed by atoms with Crippen LogP contribution in [0.4, 0.5) is 5.69 Å². The van der Waals surface area contributed by atoms with Gasteiger partial charge in [-0.1, -0.05) is 48.5 Å². The molecule has 0 fully saturated rings. The second-order valence-electron chi connectivity index (χ2n) is 5.26. The van der Waals surface area contributed by atoms with Crippen molar-refractivity contribution < 1.29 is 14.3 Å². The van der Waals surface area contributed by atoms with E-state index in [1.807, 2.05) is 48.5 Å². The van der Waals surface area contributed by atoms with Crippen LogP contribution >= 0.6 is 0 Å². The van der Waals surface area contributed by atoms with Crippen LogP contribution in [0.2, 0.25) is 0 Å². The van der Waals surface area contributed by atoms with Crippen LogP contribution in [-0.4, -0.2) is 31.1 Å². The largest absolute Gasteiger partial charge is 0.464 e. The predicted octanol–water partition coefficient (Wildman–Crippen LogP) is 2.15. The lowest BCUT2D eigenvalue weighted by molar-refractivity contribution is -0.145. The van der Waals surface area contributed by atoms with Gasteiger partial charge >= 0.3 is 5.97 Å². The number of esters is 1. The van der Waals surface area contributed by atoms with E-state index < -0.39 is 12.0 Å². The Labute approximate surface area is 142 Å². The van der Waals surface area contributed by atoms with Crippen LogP contribution in [0, 0.1) is 0 Å². The summed E-state index contributed by atoms with van der Waals surface area (Å²) in [5.74, 6) is -0.762. The Morgan fingerprint density at radius 1 is 1.04 bits per heavy atom. The minimum absolute atomic E-state index is 0.181. The van der Waals surface area contributed by atoms with Crippen LogP contribution in [0.3, 0.4) is 0 Å². The summed E-state index contributed by atoms with van der Waals surface area (Å²) >= 11 is 0. The minimum Gasteiger partial charge on any atom is -0.464 e. The van der Waals surface area contributed by atoms with Gasteiger partial charge in [0, 0.05) is 12.1 Å². The molecule has 24 heavy (non-hydrogen) atoms. The molecule has 1 amide bonds. The molecular weight excluding hydrogens is 304 g/mol. The predicted molar refractivity (Wildman–Crippen MR) is 93.5 cm³/mol. The van der Waals surface area contributed by atoms with Gasteiger partial charge in [0.1, 0.15) is 6.04 Å². The third-order valence-corrected chi connectivity index (χ3v) is 3.62. The van der Waals surface area contributed by atoms with Crippen molar-refractivity contribution in [2.24, 2.45) is 5.73 Å². The number of nitrogens with zero attached hydrogens (tertiary/aromatic N) is 1. The van der Waals surface area contributed by atoms with Crippen LogP contribution in [0.15, 0.2) is 60.7 Å². The fourth-order valence-electron chi connectivity index (χ4n) is 2.54. The number of para-hydroxylation sites is 1. The number of rotatable bonds is 7. The van der Waals surface area contributed by atoms with Crippen molar-refractivity contribution in [3.05, 3.63) is 66.2 Å². The first kappa shape index (κ1) is 17.7. The summed E-state index contributed by atoms with van der Waals surface area (Å²) in [6.45, 7) is 1.82. The number of nitrogens with two attached hydrogens (primary N) is 1. The Morgan fingerprint density at radius 2 is 1.62 bits per heavy atom. The summed E-state index contributed by atoms with van der Waals surface area (Å²) in [4.78, 5) is 26.4. The summed E-state index contributed by atoms with van der Waals surface area (Å²) in [6, 6.07) is 17.8. The molecule has 2 rings (SSSR count). The summed E-state index contributed by atoms with van der Waals surface area (Å²) in [5.41, 5.74) is 7.14. The number of carbonyl (C=O) groups excluding carboxylic acids is 2. The highest BCUT2D eigenvalue weighted by molar-refractivity contribution is 6.00. The van der Waals surface area contributed by atoms with E-state index >= 15 is 0 Å². The van der Waals surface area contributed by atoms with Crippen LogP contribution in [0.25, 0.3) is 0 Å². The number of amides is 1. The Hall–Kier alpha value is -2.66. The molecule has 2 aromatic carbocycles. The van der Waals surface area contributed by atoms with Gasteiger partial charge in [-0.2, -0.15) is 0 Å². The van der Waals surface area contributed by atoms with Gasteiger partial charge in [0.15, 0.2) is 0 Å². The lowest BCUT2D eigenvalue weighted by Gasteiger charge is -2.30. The maximum absolute atomic E-state index is 12.5. The number of anilines is 1. The van der Waals surface area contributed by atoms with Crippen molar-refractivity contribution in [1.29, 1.82) is 0 Å². The maximum Gasteiger partial charge on any atom is 0.329 e. The fraction of sp³-hybridized carbons (Fsp3) is 0.263. The molecule has 126 valence electrons. The van der Waals surface area contributed by atoms with Crippen LogP contribution in [0.1, 0.15) is 12.5 Å². The van der Waals surface area contributed by atoms with Crippen molar-refractivity contribution in [2.75, 3.05) is 18.1 Å². The molecule has 2 N–H and O–H groups in total. The first-order valence-corrected chi connectivity index (χ1v) is 7.95. The number of hydrogen-bond donors (Lipinski definition) is 1. The van der Waals surface area contributed by atoms with E-state index in [2.05, 4.69) is 0 Å². The van der Waals surface area contributed by atoms with Crippen molar-refractivity contribution in [3.63, 3.8) is 0 Å². The van der Waals surface area contributed by atoms with E-state index in [1.165, 1.54) is 4.90 Å². The quantitative estimate of drug-likeness (QED) is 0.791. The third kappa shape index (κ3) is 4.43. The van der Waals surface area contributed by atoms with E-state index in [4.69, 9.17) is 10.5 Å². The second kappa shape index (κ2) is 8.84. The molecule has 0 saturated heterocycles. The molecule has 2 aromatic rings. The Bertz CT molecular complexity index is 659. The van der Waals surface area contributed by atoms with Crippen LogP contribution in [-0.2, 0) is 20.7 Å². The number of carbonyl (C=O) groups is 2. The lowest BCUT2D eigenvalue weighted by Crippen LogP contribution is -2.49. The summed E-state index contributed by atoms with van der Waals surface area (Å²) in [7, 11) is 0. The summed E-state index contributed by atoms with van der Waals surface area (Å²) in [6.07, 6.45) is 0.361. The highest BCUT2D eigenvalue weighted by Gasteiger charge is 2.31. The number of hydrogen-bond acceptors (Lipinski definition) is 4. The molecule has 0 aliphatic carbocycles.